The SMILES string of the molecule is COC(=O)c1ccc(=O)n(CCCCCCC(=O)OC(C)(C)C)c1. The Hall–Kier alpha value is -2.11. The van der Waals surface area contributed by atoms with Crippen molar-refractivity contribution in [2.45, 2.75) is 65.0 Å². The fourth-order valence-electron chi connectivity index (χ4n) is 2.24. The molecular formula is C18H27NO5. The maximum absolute atomic E-state index is 11.8. The van der Waals surface area contributed by atoms with Crippen LogP contribution in [-0.2, 0) is 20.8 Å². The van der Waals surface area contributed by atoms with Gasteiger partial charge in [0, 0.05) is 25.2 Å². The lowest BCUT2D eigenvalue weighted by molar-refractivity contribution is -0.154. The number of carbonyl (C=O) groups is 2. The first kappa shape index (κ1) is 19.9. The van der Waals surface area contributed by atoms with E-state index in [9.17, 15) is 14.4 Å². The van der Waals surface area contributed by atoms with Gasteiger partial charge < -0.3 is 14.0 Å². The van der Waals surface area contributed by atoms with Gasteiger partial charge in [-0.3, -0.25) is 9.59 Å². The Kier molecular flexibility index (Phi) is 7.68. The third-order valence-corrected chi connectivity index (χ3v) is 3.35. The second-order valence-corrected chi connectivity index (χ2v) is 6.69. The molecule has 1 heterocycles. The molecule has 0 aliphatic carbocycles. The highest BCUT2D eigenvalue weighted by Crippen LogP contribution is 2.11. The summed E-state index contributed by atoms with van der Waals surface area (Å²) >= 11 is 0. The number of esters is 2. The predicted molar refractivity (Wildman–Crippen MR) is 91.0 cm³/mol. The normalized spacial score (nSPS) is 11.2. The van der Waals surface area contributed by atoms with Gasteiger partial charge in [0.2, 0.25) is 0 Å². The van der Waals surface area contributed by atoms with E-state index in [1.807, 2.05) is 20.8 Å². The minimum atomic E-state index is -0.457. The molecule has 0 unspecified atom stereocenters. The second kappa shape index (κ2) is 9.25. The number of hydrogen-bond donors (Lipinski definition) is 0. The molecule has 6 heteroatoms. The van der Waals surface area contributed by atoms with Gasteiger partial charge in [-0.05, 0) is 39.7 Å². The van der Waals surface area contributed by atoms with Crippen LogP contribution >= 0.6 is 0 Å². The summed E-state index contributed by atoms with van der Waals surface area (Å²) in [5.74, 6) is -0.634. The number of carbonyl (C=O) groups excluding carboxylic acids is 2. The third kappa shape index (κ3) is 7.44. The van der Waals surface area contributed by atoms with Crippen LogP contribution in [0.15, 0.2) is 23.1 Å². The topological polar surface area (TPSA) is 74.6 Å². The van der Waals surface area contributed by atoms with E-state index >= 15 is 0 Å². The van der Waals surface area contributed by atoms with Crippen molar-refractivity contribution in [2.24, 2.45) is 0 Å². The summed E-state index contributed by atoms with van der Waals surface area (Å²) in [4.78, 5) is 34.8. The Balaban J connectivity index is 2.32. The van der Waals surface area contributed by atoms with Crippen LogP contribution in [0, 0.1) is 0 Å². The summed E-state index contributed by atoms with van der Waals surface area (Å²) in [6.45, 7) is 6.09. The lowest BCUT2D eigenvalue weighted by atomic mass is 10.1. The number of methoxy groups -OCH3 is 1. The Bertz CT molecular complexity index is 613. The molecule has 24 heavy (non-hydrogen) atoms. The monoisotopic (exact) mass is 337 g/mol. The highest BCUT2D eigenvalue weighted by atomic mass is 16.6. The summed E-state index contributed by atoms with van der Waals surface area (Å²) in [7, 11) is 1.31. The van der Waals surface area contributed by atoms with Gasteiger partial charge in [0.1, 0.15) is 5.60 Å². The molecule has 1 aromatic rings. The molecule has 0 aromatic carbocycles. The Morgan fingerprint density at radius 1 is 1.08 bits per heavy atom. The van der Waals surface area contributed by atoms with E-state index in [0.717, 1.165) is 25.7 Å². The van der Waals surface area contributed by atoms with Crippen molar-refractivity contribution >= 4 is 11.9 Å². The highest BCUT2D eigenvalue weighted by Gasteiger charge is 2.15. The molecule has 6 nitrogen and oxygen atoms in total. The first-order chi connectivity index (χ1) is 11.2. The molecule has 134 valence electrons. The van der Waals surface area contributed by atoms with Crippen LogP contribution < -0.4 is 5.56 Å². The second-order valence-electron chi connectivity index (χ2n) is 6.69. The van der Waals surface area contributed by atoms with Crippen LogP contribution in [0.25, 0.3) is 0 Å². The molecule has 0 amide bonds. The number of pyridine rings is 1. The largest absolute Gasteiger partial charge is 0.465 e. The third-order valence-electron chi connectivity index (χ3n) is 3.35. The van der Waals surface area contributed by atoms with Crippen molar-refractivity contribution in [2.75, 3.05) is 7.11 Å². The first-order valence-corrected chi connectivity index (χ1v) is 8.23. The molecule has 0 radical (unpaired) electrons. The average Bonchev–Trinajstić information content (AvgIpc) is 2.49. The predicted octanol–water partition coefficient (Wildman–Crippen LogP) is 2.93. The first-order valence-electron chi connectivity index (χ1n) is 8.23. The van der Waals surface area contributed by atoms with Crippen LogP contribution in [0.5, 0.6) is 0 Å². The van der Waals surface area contributed by atoms with Gasteiger partial charge in [-0.15, -0.1) is 0 Å². The zero-order valence-electron chi connectivity index (χ0n) is 15.0. The van der Waals surface area contributed by atoms with E-state index in [-0.39, 0.29) is 11.5 Å². The number of aryl methyl sites for hydroxylation is 1. The molecular weight excluding hydrogens is 310 g/mol. The molecule has 0 fully saturated rings. The van der Waals surface area contributed by atoms with E-state index in [1.54, 1.807) is 0 Å². The number of ether oxygens (including phenoxy) is 2. The van der Waals surface area contributed by atoms with E-state index in [0.29, 0.717) is 18.5 Å². The van der Waals surface area contributed by atoms with Gasteiger partial charge in [-0.25, -0.2) is 4.79 Å². The van der Waals surface area contributed by atoms with Crippen molar-refractivity contribution in [3.63, 3.8) is 0 Å². The Labute approximate surface area is 142 Å². The van der Waals surface area contributed by atoms with Gasteiger partial charge >= 0.3 is 11.9 Å². The molecule has 1 rings (SSSR count). The van der Waals surface area contributed by atoms with Crippen LogP contribution in [0.1, 0.15) is 63.2 Å². The number of hydrogen-bond acceptors (Lipinski definition) is 5. The zero-order valence-corrected chi connectivity index (χ0v) is 15.0. The Morgan fingerprint density at radius 2 is 1.75 bits per heavy atom. The molecule has 0 aliphatic rings. The summed E-state index contributed by atoms with van der Waals surface area (Å²) in [6, 6.07) is 2.83. The van der Waals surface area contributed by atoms with E-state index in [2.05, 4.69) is 4.74 Å². The molecule has 0 aliphatic heterocycles. The summed E-state index contributed by atoms with van der Waals surface area (Å²) in [5, 5.41) is 0. The highest BCUT2D eigenvalue weighted by molar-refractivity contribution is 5.88. The van der Waals surface area contributed by atoms with Crippen LogP contribution in [0.4, 0.5) is 0 Å². The number of rotatable bonds is 8. The number of nitrogens with zero attached hydrogens (tertiary/aromatic N) is 1. The minimum Gasteiger partial charge on any atom is -0.465 e. The molecule has 0 spiro atoms. The zero-order chi connectivity index (χ0) is 18.2. The van der Waals surface area contributed by atoms with Gasteiger partial charge in [-0.1, -0.05) is 12.8 Å². The van der Waals surface area contributed by atoms with Gasteiger partial charge in [0.05, 0.1) is 12.7 Å². The van der Waals surface area contributed by atoms with Gasteiger partial charge in [-0.2, -0.15) is 0 Å². The lowest BCUT2D eigenvalue weighted by Crippen LogP contribution is -2.23. The maximum atomic E-state index is 11.8. The van der Waals surface area contributed by atoms with Crippen LogP contribution in [0.3, 0.4) is 0 Å². The van der Waals surface area contributed by atoms with Crippen molar-refractivity contribution in [1.29, 1.82) is 0 Å². The van der Waals surface area contributed by atoms with E-state index < -0.39 is 11.6 Å². The van der Waals surface area contributed by atoms with E-state index in [1.165, 1.54) is 30.0 Å². The quantitative estimate of drug-likeness (QED) is 0.538. The smallest absolute Gasteiger partial charge is 0.339 e. The molecule has 0 saturated carbocycles. The van der Waals surface area contributed by atoms with Crippen LogP contribution in [0.2, 0.25) is 0 Å². The standard InChI is InChI=1S/C18H27NO5/c1-18(2,3)24-16(21)9-7-5-6-8-12-19-13-14(17(22)23-4)10-11-15(19)20/h10-11,13H,5-9,12H2,1-4H3. The minimum absolute atomic E-state index is 0.142. The molecule has 0 saturated heterocycles. The van der Waals surface area contributed by atoms with Crippen molar-refractivity contribution in [3.05, 3.63) is 34.2 Å². The maximum Gasteiger partial charge on any atom is 0.339 e. The molecule has 0 bridgehead atoms. The summed E-state index contributed by atoms with van der Waals surface area (Å²) in [5.41, 5.74) is -0.221. The molecule has 1 aromatic heterocycles. The van der Waals surface area contributed by atoms with Gasteiger partial charge in [0.15, 0.2) is 0 Å². The van der Waals surface area contributed by atoms with Gasteiger partial charge in [0.25, 0.3) is 5.56 Å². The average molecular weight is 337 g/mol. The summed E-state index contributed by atoms with van der Waals surface area (Å²) < 4.78 is 11.4. The number of aromatic nitrogens is 1. The fraction of sp³-hybridized carbons (Fsp3) is 0.611. The molecule has 0 atom stereocenters. The fourth-order valence-corrected chi connectivity index (χ4v) is 2.24. The molecule has 0 N–H and O–H groups in total. The van der Waals surface area contributed by atoms with Crippen molar-refractivity contribution < 1.29 is 19.1 Å². The summed E-state index contributed by atoms with van der Waals surface area (Å²) in [6.07, 6.45) is 5.30. The van der Waals surface area contributed by atoms with Crippen LogP contribution in [-0.4, -0.2) is 29.2 Å². The van der Waals surface area contributed by atoms with Crippen molar-refractivity contribution in [3.8, 4) is 0 Å². The Morgan fingerprint density at radius 3 is 2.38 bits per heavy atom. The number of unbranched alkanes of at least 4 members (excludes halogenated alkanes) is 3. The van der Waals surface area contributed by atoms with E-state index in [4.69, 9.17) is 4.74 Å². The van der Waals surface area contributed by atoms with Crippen molar-refractivity contribution in [1.82, 2.24) is 4.57 Å². The lowest BCUT2D eigenvalue weighted by Gasteiger charge is -2.19.